The molecule has 0 spiro atoms. The lowest BCUT2D eigenvalue weighted by Gasteiger charge is -2.28. The van der Waals surface area contributed by atoms with Crippen LogP contribution in [0.15, 0.2) is 53.7 Å². The lowest BCUT2D eigenvalue weighted by molar-refractivity contribution is -0.113. The van der Waals surface area contributed by atoms with Crippen LogP contribution in [-0.2, 0) is 16.1 Å². The van der Waals surface area contributed by atoms with Gasteiger partial charge in [-0.2, -0.15) is 5.26 Å². The molecular formula is C22H21ClN6O2S. The number of nitrogens with zero attached hydrogens (tertiary/aromatic N) is 5. The van der Waals surface area contributed by atoms with Gasteiger partial charge in [-0.3, -0.25) is 9.36 Å². The van der Waals surface area contributed by atoms with E-state index in [0.29, 0.717) is 41.2 Å². The zero-order valence-corrected chi connectivity index (χ0v) is 18.8. The molecular weight excluding hydrogens is 448 g/mol. The second-order valence-corrected chi connectivity index (χ2v) is 8.45. The molecule has 0 atom stereocenters. The monoisotopic (exact) mass is 468 g/mol. The van der Waals surface area contributed by atoms with Gasteiger partial charge >= 0.3 is 0 Å². The predicted molar refractivity (Wildman–Crippen MR) is 124 cm³/mol. The Hall–Kier alpha value is -3.06. The molecule has 2 aromatic carbocycles. The van der Waals surface area contributed by atoms with Gasteiger partial charge in [0.2, 0.25) is 11.9 Å². The highest BCUT2D eigenvalue weighted by molar-refractivity contribution is 7.99. The Balaban J connectivity index is 1.47. The number of nitrogens with one attached hydrogen (secondary N) is 1. The molecule has 4 rings (SSSR count). The van der Waals surface area contributed by atoms with E-state index in [-0.39, 0.29) is 11.7 Å². The lowest BCUT2D eigenvalue weighted by atomic mass is 10.2. The van der Waals surface area contributed by atoms with Gasteiger partial charge in [0.25, 0.3) is 0 Å². The smallest absolute Gasteiger partial charge is 0.234 e. The number of carbonyl (C=O) groups is 1. The number of aromatic nitrogens is 3. The third-order valence-electron chi connectivity index (χ3n) is 4.88. The molecule has 0 bridgehead atoms. The Morgan fingerprint density at radius 1 is 1.19 bits per heavy atom. The molecule has 1 aromatic heterocycles. The summed E-state index contributed by atoms with van der Waals surface area (Å²) in [6.07, 6.45) is 0. The van der Waals surface area contributed by atoms with Crippen LogP contribution < -0.4 is 10.2 Å². The summed E-state index contributed by atoms with van der Waals surface area (Å²) in [5, 5.41) is 21.5. The van der Waals surface area contributed by atoms with Crippen molar-refractivity contribution < 1.29 is 9.53 Å². The average Bonchev–Trinajstić information content (AvgIpc) is 3.21. The van der Waals surface area contributed by atoms with Crippen LogP contribution >= 0.6 is 23.4 Å². The van der Waals surface area contributed by atoms with E-state index in [2.05, 4.69) is 32.5 Å². The summed E-state index contributed by atoms with van der Waals surface area (Å²) in [6, 6.07) is 16.9. The van der Waals surface area contributed by atoms with E-state index < -0.39 is 0 Å². The van der Waals surface area contributed by atoms with Crippen LogP contribution in [0.1, 0.15) is 11.1 Å². The van der Waals surface area contributed by atoms with E-state index in [4.69, 9.17) is 21.6 Å². The van der Waals surface area contributed by atoms with Crippen molar-refractivity contribution in [2.45, 2.75) is 11.7 Å². The summed E-state index contributed by atoms with van der Waals surface area (Å²) in [4.78, 5) is 14.7. The summed E-state index contributed by atoms with van der Waals surface area (Å²) in [5.74, 6) is 0.741. The van der Waals surface area contributed by atoms with Crippen molar-refractivity contribution in [1.82, 2.24) is 14.8 Å². The number of rotatable bonds is 7. The van der Waals surface area contributed by atoms with Gasteiger partial charge < -0.3 is 15.0 Å². The van der Waals surface area contributed by atoms with Gasteiger partial charge in [0.05, 0.1) is 36.1 Å². The Morgan fingerprint density at radius 3 is 2.69 bits per heavy atom. The molecule has 0 saturated carbocycles. The third kappa shape index (κ3) is 5.40. The van der Waals surface area contributed by atoms with Crippen molar-refractivity contribution in [3.63, 3.8) is 0 Å². The number of hydrogen-bond acceptors (Lipinski definition) is 7. The van der Waals surface area contributed by atoms with Gasteiger partial charge in [0.15, 0.2) is 5.16 Å². The van der Waals surface area contributed by atoms with Crippen molar-refractivity contribution in [2.75, 3.05) is 42.3 Å². The fourth-order valence-electron chi connectivity index (χ4n) is 3.30. The lowest BCUT2D eigenvalue weighted by Crippen LogP contribution is -2.38. The number of thioether (sulfide) groups is 1. The van der Waals surface area contributed by atoms with Crippen molar-refractivity contribution in [1.29, 1.82) is 5.26 Å². The number of benzene rings is 2. The number of nitriles is 1. The minimum Gasteiger partial charge on any atom is -0.378 e. The molecule has 1 aliphatic heterocycles. The molecule has 1 fully saturated rings. The third-order valence-corrected chi connectivity index (χ3v) is 6.16. The van der Waals surface area contributed by atoms with Crippen LogP contribution in [0.3, 0.4) is 0 Å². The van der Waals surface area contributed by atoms with E-state index in [0.717, 1.165) is 24.6 Å². The first-order valence-electron chi connectivity index (χ1n) is 10.1. The predicted octanol–water partition coefficient (Wildman–Crippen LogP) is 3.42. The van der Waals surface area contributed by atoms with Crippen LogP contribution in [-0.4, -0.2) is 52.7 Å². The first-order chi connectivity index (χ1) is 15.6. The summed E-state index contributed by atoms with van der Waals surface area (Å²) in [6.45, 7) is 3.40. The first-order valence-corrected chi connectivity index (χ1v) is 11.4. The summed E-state index contributed by atoms with van der Waals surface area (Å²) >= 11 is 7.37. The number of morpholine rings is 1. The molecule has 0 aliphatic carbocycles. The summed E-state index contributed by atoms with van der Waals surface area (Å²) in [7, 11) is 0. The molecule has 0 unspecified atom stereocenters. The molecule has 2 heterocycles. The van der Waals surface area contributed by atoms with Crippen LogP contribution in [0.4, 0.5) is 11.6 Å². The molecule has 8 nitrogen and oxygen atoms in total. The van der Waals surface area contributed by atoms with E-state index in [1.807, 2.05) is 28.8 Å². The zero-order chi connectivity index (χ0) is 22.3. The molecule has 3 aromatic rings. The highest BCUT2D eigenvalue weighted by atomic mass is 35.5. The molecule has 1 aliphatic rings. The summed E-state index contributed by atoms with van der Waals surface area (Å²) < 4.78 is 7.50. The van der Waals surface area contributed by atoms with Gasteiger partial charge in [-0.05, 0) is 23.8 Å². The maximum absolute atomic E-state index is 12.5. The number of hydrogen-bond donors (Lipinski definition) is 1. The second kappa shape index (κ2) is 10.5. The fraction of sp³-hybridized carbons (Fsp3) is 0.273. The van der Waals surface area contributed by atoms with E-state index in [1.54, 1.807) is 18.2 Å². The van der Waals surface area contributed by atoms with E-state index >= 15 is 0 Å². The second-order valence-electron chi connectivity index (χ2n) is 7.10. The van der Waals surface area contributed by atoms with Crippen molar-refractivity contribution in [2.24, 2.45) is 0 Å². The SMILES string of the molecule is N#Cc1ccc(NC(=O)CSc2nnc(N3CCOCC3)n2Cc2ccccc2)cc1Cl. The van der Waals surface area contributed by atoms with Gasteiger partial charge in [0, 0.05) is 18.8 Å². The van der Waals surface area contributed by atoms with Gasteiger partial charge in [-0.1, -0.05) is 53.7 Å². The number of amides is 1. The Kier molecular flexibility index (Phi) is 7.27. The van der Waals surface area contributed by atoms with Gasteiger partial charge in [-0.15, -0.1) is 10.2 Å². The van der Waals surface area contributed by atoms with Crippen LogP contribution in [0, 0.1) is 11.3 Å². The molecule has 1 amide bonds. The zero-order valence-electron chi connectivity index (χ0n) is 17.2. The first kappa shape index (κ1) is 22.1. The number of carbonyl (C=O) groups excluding carboxylic acids is 1. The average molecular weight is 469 g/mol. The maximum atomic E-state index is 12.5. The number of anilines is 2. The molecule has 1 saturated heterocycles. The summed E-state index contributed by atoms with van der Waals surface area (Å²) in [5.41, 5.74) is 2.03. The van der Waals surface area contributed by atoms with E-state index in [1.165, 1.54) is 11.8 Å². The van der Waals surface area contributed by atoms with Crippen LogP contribution in [0.5, 0.6) is 0 Å². The van der Waals surface area contributed by atoms with Crippen molar-refractivity contribution in [3.8, 4) is 6.07 Å². The highest BCUT2D eigenvalue weighted by Gasteiger charge is 2.21. The standard InChI is InChI=1S/C22H21ClN6O2S/c23-19-12-18(7-6-17(19)13-24)25-20(30)15-32-22-27-26-21(28-8-10-31-11-9-28)29(22)14-16-4-2-1-3-5-16/h1-7,12H,8-11,14-15H2,(H,25,30). The topological polar surface area (TPSA) is 96.1 Å². The molecule has 0 radical (unpaired) electrons. The highest BCUT2D eigenvalue weighted by Crippen LogP contribution is 2.25. The Bertz CT molecular complexity index is 1130. The van der Waals surface area contributed by atoms with E-state index in [9.17, 15) is 4.79 Å². The Morgan fingerprint density at radius 2 is 1.97 bits per heavy atom. The van der Waals surface area contributed by atoms with Crippen molar-refractivity contribution in [3.05, 3.63) is 64.7 Å². The minimum absolute atomic E-state index is 0.160. The molecule has 164 valence electrons. The Labute approximate surface area is 195 Å². The van der Waals surface area contributed by atoms with Gasteiger partial charge in [-0.25, -0.2) is 0 Å². The van der Waals surface area contributed by atoms with Crippen LogP contribution in [0.2, 0.25) is 5.02 Å². The molecule has 10 heteroatoms. The quantitative estimate of drug-likeness (QED) is 0.530. The molecule has 1 N–H and O–H groups in total. The maximum Gasteiger partial charge on any atom is 0.234 e. The van der Waals surface area contributed by atoms with Crippen molar-refractivity contribution >= 4 is 40.9 Å². The minimum atomic E-state index is -0.196. The molecule has 32 heavy (non-hydrogen) atoms. The van der Waals surface area contributed by atoms with Gasteiger partial charge in [0.1, 0.15) is 6.07 Å². The number of halogens is 1. The normalized spacial score (nSPS) is 13.6. The van der Waals surface area contributed by atoms with Crippen LogP contribution in [0.25, 0.3) is 0 Å². The number of ether oxygens (including phenoxy) is 1. The largest absolute Gasteiger partial charge is 0.378 e. The fourth-order valence-corrected chi connectivity index (χ4v) is 4.26.